The van der Waals surface area contributed by atoms with E-state index >= 15 is 0 Å². The lowest BCUT2D eigenvalue weighted by molar-refractivity contribution is 0.384. The standard InChI is InChI=1S/C12H18ClNO2/c1-7(6-14)9-5-10(13)12(16-4)8(2)11(9)15-3/h5,7H,6,14H2,1-4H3. The average Bonchev–Trinajstić information content (AvgIpc) is 2.28. The van der Waals surface area contributed by atoms with Gasteiger partial charge in [-0.3, -0.25) is 0 Å². The van der Waals surface area contributed by atoms with Crippen molar-refractivity contribution in [1.82, 2.24) is 0 Å². The van der Waals surface area contributed by atoms with Crippen molar-refractivity contribution < 1.29 is 9.47 Å². The lowest BCUT2D eigenvalue weighted by Crippen LogP contribution is -2.11. The first-order valence-electron chi connectivity index (χ1n) is 5.17. The van der Waals surface area contributed by atoms with Crippen molar-refractivity contribution in [2.24, 2.45) is 5.73 Å². The molecule has 1 aromatic carbocycles. The van der Waals surface area contributed by atoms with Gasteiger partial charge in [-0.05, 0) is 25.5 Å². The van der Waals surface area contributed by atoms with E-state index in [1.807, 2.05) is 19.9 Å². The number of methoxy groups -OCH3 is 2. The summed E-state index contributed by atoms with van der Waals surface area (Å²) in [7, 11) is 3.24. The summed E-state index contributed by atoms with van der Waals surface area (Å²) in [5.74, 6) is 1.67. The number of halogens is 1. The molecule has 0 radical (unpaired) electrons. The van der Waals surface area contributed by atoms with E-state index < -0.39 is 0 Å². The lowest BCUT2D eigenvalue weighted by Gasteiger charge is -2.19. The Morgan fingerprint density at radius 3 is 2.31 bits per heavy atom. The van der Waals surface area contributed by atoms with Crippen molar-refractivity contribution in [2.45, 2.75) is 19.8 Å². The first kappa shape index (κ1) is 13.1. The number of hydrogen-bond donors (Lipinski definition) is 1. The Balaban J connectivity index is 3.40. The Hall–Kier alpha value is -0.930. The smallest absolute Gasteiger partial charge is 0.144 e. The normalized spacial score (nSPS) is 12.4. The van der Waals surface area contributed by atoms with Gasteiger partial charge in [0.25, 0.3) is 0 Å². The van der Waals surface area contributed by atoms with Crippen LogP contribution < -0.4 is 15.2 Å². The van der Waals surface area contributed by atoms with Crippen molar-refractivity contribution >= 4 is 11.6 Å². The van der Waals surface area contributed by atoms with Crippen molar-refractivity contribution in [3.05, 3.63) is 22.2 Å². The van der Waals surface area contributed by atoms with Crippen LogP contribution in [0, 0.1) is 6.92 Å². The minimum Gasteiger partial charge on any atom is -0.496 e. The number of ether oxygens (including phenoxy) is 2. The molecule has 1 unspecified atom stereocenters. The SMILES string of the molecule is COc1c(Cl)cc(C(C)CN)c(OC)c1C. The predicted octanol–water partition coefficient (Wildman–Crippen LogP) is 2.73. The fraction of sp³-hybridized carbons (Fsp3) is 0.500. The fourth-order valence-electron chi connectivity index (χ4n) is 1.78. The number of hydrogen-bond acceptors (Lipinski definition) is 3. The average molecular weight is 244 g/mol. The van der Waals surface area contributed by atoms with Crippen LogP contribution in [0.25, 0.3) is 0 Å². The molecular weight excluding hydrogens is 226 g/mol. The third kappa shape index (κ3) is 2.25. The van der Waals surface area contributed by atoms with E-state index in [1.54, 1.807) is 14.2 Å². The van der Waals surface area contributed by atoms with E-state index in [9.17, 15) is 0 Å². The molecule has 3 nitrogen and oxygen atoms in total. The monoisotopic (exact) mass is 243 g/mol. The van der Waals surface area contributed by atoms with Crippen molar-refractivity contribution in [2.75, 3.05) is 20.8 Å². The van der Waals surface area contributed by atoms with Crippen LogP contribution in [0.4, 0.5) is 0 Å². The van der Waals surface area contributed by atoms with E-state index in [-0.39, 0.29) is 5.92 Å². The van der Waals surface area contributed by atoms with E-state index in [0.29, 0.717) is 17.3 Å². The molecule has 0 spiro atoms. The van der Waals surface area contributed by atoms with Gasteiger partial charge in [-0.2, -0.15) is 0 Å². The van der Waals surface area contributed by atoms with Gasteiger partial charge in [-0.1, -0.05) is 18.5 Å². The zero-order valence-corrected chi connectivity index (χ0v) is 10.9. The van der Waals surface area contributed by atoms with E-state index in [4.69, 9.17) is 26.8 Å². The summed E-state index contributed by atoms with van der Waals surface area (Å²) in [5, 5.41) is 0.594. The minimum atomic E-state index is 0.206. The molecule has 0 saturated carbocycles. The van der Waals surface area contributed by atoms with Crippen LogP contribution >= 0.6 is 11.6 Å². The van der Waals surface area contributed by atoms with Gasteiger partial charge < -0.3 is 15.2 Å². The molecule has 90 valence electrons. The van der Waals surface area contributed by atoms with Crippen LogP contribution in [0.3, 0.4) is 0 Å². The molecule has 0 amide bonds. The molecule has 0 fully saturated rings. The Kier molecular flexibility index (Phi) is 4.44. The van der Waals surface area contributed by atoms with Gasteiger partial charge >= 0.3 is 0 Å². The maximum absolute atomic E-state index is 6.14. The Morgan fingerprint density at radius 1 is 1.31 bits per heavy atom. The number of nitrogens with two attached hydrogens (primary N) is 1. The molecule has 1 aromatic rings. The summed E-state index contributed by atoms with van der Waals surface area (Å²) in [6.07, 6.45) is 0. The van der Waals surface area contributed by atoms with Crippen LogP contribution in [0.1, 0.15) is 24.0 Å². The zero-order chi connectivity index (χ0) is 12.3. The lowest BCUT2D eigenvalue weighted by atomic mass is 9.97. The Morgan fingerprint density at radius 2 is 1.88 bits per heavy atom. The highest BCUT2D eigenvalue weighted by molar-refractivity contribution is 6.32. The highest BCUT2D eigenvalue weighted by Crippen LogP contribution is 2.40. The Bertz CT molecular complexity index is 380. The summed E-state index contributed by atoms with van der Waals surface area (Å²) in [6, 6.07) is 1.86. The Labute approximate surface area is 101 Å². The fourth-order valence-corrected chi connectivity index (χ4v) is 2.12. The topological polar surface area (TPSA) is 44.5 Å². The molecule has 0 aliphatic heterocycles. The molecule has 0 saturated heterocycles. The van der Waals surface area contributed by atoms with Crippen molar-refractivity contribution in [1.29, 1.82) is 0 Å². The van der Waals surface area contributed by atoms with Crippen LogP contribution in [0.5, 0.6) is 11.5 Å². The molecule has 0 aliphatic rings. The number of benzene rings is 1. The molecule has 16 heavy (non-hydrogen) atoms. The quantitative estimate of drug-likeness (QED) is 0.885. The summed E-state index contributed by atoms with van der Waals surface area (Å²) in [5.41, 5.74) is 7.60. The molecular formula is C12H18ClNO2. The highest BCUT2D eigenvalue weighted by Gasteiger charge is 2.18. The van der Waals surface area contributed by atoms with Gasteiger partial charge in [-0.15, -0.1) is 0 Å². The largest absolute Gasteiger partial charge is 0.496 e. The molecule has 0 aliphatic carbocycles. The summed E-state index contributed by atoms with van der Waals surface area (Å²) >= 11 is 6.14. The first-order chi connectivity index (χ1) is 7.56. The maximum atomic E-state index is 6.14. The van der Waals surface area contributed by atoms with Crippen LogP contribution in [0.2, 0.25) is 5.02 Å². The van der Waals surface area contributed by atoms with Crippen LogP contribution in [-0.2, 0) is 0 Å². The summed E-state index contributed by atoms with van der Waals surface area (Å²) in [6.45, 7) is 4.52. The molecule has 1 atom stereocenters. The molecule has 0 bridgehead atoms. The summed E-state index contributed by atoms with van der Waals surface area (Å²) < 4.78 is 10.6. The van der Waals surface area contributed by atoms with Gasteiger partial charge in [0.2, 0.25) is 0 Å². The van der Waals surface area contributed by atoms with E-state index in [1.165, 1.54) is 0 Å². The van der Waals surface area contributed by atoms with Gasteiger partial charge in [0.15, 0.2) is 0 Å². The van der Waals surface area contributed by atoms with Crippen LogP contribution in [-0.4, -0.2) is 20.8 Å². The van der Waals surface area contributed by atoms with Crippen molar-refractivity contribution in [3.63, 3.8) is 0 Å². The third-order valence-electron chi connectivity index (χ3n) is 2.74. The van der Waals surface area contributed by atoms with Gasteiger partial charge in [0.1, 0.15) is 11.5 Å². The van der Waals surface area contributed by atoms with Gasteiger partial charge in [-0.25, -0.2) is 0 Å². The second kappa shape index (κ2) is 5.41. The van der Waals surface area contributed by atoms with E-state index in [0.717, 1.165) is 16.9 Å². The molecule has 0 heterocycles. The van der Waals surface area contributed by atoms with Gasteiger partial charge in [0.05, 0.1) is 19.2 Å². The zero-order valence-electron chi connectivity index (χ0n) is 10.1. The highest BCUT2D eigenvalue weighted by atomic mass is 35.5. The molecule has 2 N–H and O–H groups in total. The minimum absolute atomic E-state index is 0.206. The second-order valence-corrected chi connectivity index (χ2v) is 4.18. The maximum Gasteiger partial charge on any atom is 0.144 e. The van der Waals surface area contributed by atoms with Gasteiger partial charge in [0, 0.05) is 11.1 Å². The van der Waals surface area contributed by atoms with Crippen LogP contribution in [0.15, 0.2) is 6.07 Å². The third-order valence-corrected chi connectivity index (χ3v) is 3.02. The second-order valence-electron chi connectivity index (χ2n) is 3.78. The van der Waals surface area contributed by atoms with Crippen molar-refractivity contribution in [3.8, 4) is 11.5 Å². The molecule has 1 rings (SSSR count). The van der Waals surface area contributed by atoms with E-state index in [2.05, 4.69) is 0 Å². The first-order valence-corrected chi connectivity index (χ1v) is 5.55. The molecule has 0 aromatic heterocycles. The molecule has 4 heteroatoms. The number of rotatable bonds is 4. The predicted molar refractivity (Wildman–Crippen MR) is 66.8 cm³/mol. The summed E-state index contributed by atoms with van der Waals surface area (Å²) in [4.78, 5) is 0.